The average molecular weight is 393 g/mol. The van der Waals surface area contributed by atoms with Crippen LogP contribution in [0.4, 0.5) is 13.2 Å². The molecule has 138 valence electrons. The molecule has 2 heterocycles. The Morgan fingerprint density at radius 2 is 1.81 bits per heavy atom. The molecule has 1 aliphatic heterocycles. The number of carbonyl (C=O) groups is 1. The van der Waals surface area contributed by atoms with Gasteiger partial charge in [0.05, 0.1) is 17.8 Å². The molecule has 27 heavy (non-hydrogen) atoms. The van der Waals surface area contributed by atoms with Crippen LogP contribution in [0.25, 0.3) is 11.3 Å². The molecule has 1 amide bonds. The summed E-state index contributed by atoms with van der Waals surface area (Å²) in [6.45, 7) is 0.380. The number of hydrogen-bond acceptors (Lipinski definition) is 3. The number of nitrogens with zero attached hydrogens (tertiary/aromatic N) is 2. The molecule has 8 heteroatoms. The van der Waals surface area contributed by atoms with Crippen LogP contribution in [0.3, 0.4) is 0 Å². The van der Waals surface area contributed by atoms with E-state index >= 15 is 0 Å². The molecule has 2 aromatic carbocycles. The van der Waals surface area contributed by atoms with Crippen molar-refractivity contribution >= 4 is 17.5 Å². The smallest absolute Gasteiger partial charge is 0.257 e. The van der Waals surface area contributed by atoms with E-state index in [1.54, 1.807) is 24.3 Å². The maximum Gasteiger partial charge on any atom is 0.257 e. The van der Waals surface area contributed by atoms with Gasteiger partial charge in [-0.1, -0.05) is 16.8 Å². The second-order valence-corrected chi connectivity index (χ2v) is 6.58. The number of rotatable bonds is 2. The molecule has 1 aliphatic rings. The quantitative estimate of drug-likeness (QED) is 0.598. The van der Waals surface area contributed by atoms with Crippen molar-refractivity contribution in [1.29, 1.82) is 0 Å². The Bertz CT molecular complexity index is 1030. The Labute approximate surface area is 157 Å². The molecular formula is C19H12ClF3N2O2. The van der Waals surface area contributed by atoms with E-state index in [9.17, 15) is 18.0 Å². The predicted molar refractivity (Wildman–Crippen MR) is 91.7 cm³/mol. The fourth-order valence-electron chi connectivity index (χ4n) is 3.08. The van der Waals surface area contributed by atoms with Crippen molar-refractivity contribution in [3.05, 3.63) is 75.7 Å². The van der Waals surface area contributed by atoms with Crippen molar-refractivity contribution in [2.24, 2.45) is 0 Å². The Hall–Kier alpha value is -2.80. The number of amides is 1. The number of hydrogen-bond donors (Lipinski definition) is 0. The highest BCUT2D eigenvalue weighted by Crippen LogP contribution is 2.32. The zero-order chi connectivity index (χ0) is 19.1. The topological polar surface area (TPSA) is 46.3 Å². The summed E-state index contributed by atoms with van der Waals surface area (Å²) < 4.78 is 46.0. The van der Waals surface area contributed by atoms with Crippen molar-refractivity contribution < 1.29 is 22.5 Å². The van der Waals surface area contributed by atoms with E-state index in [0.29, 0.717) is 28.5 Å². The minimum Gasteiger partial charge on any atom is -0.356 e. The fraction of sp³-hybridized carbons (Fsp3) is 0.158. The van der Waals surface area contributed by atoms with Crippen LogP contribution in [0, 0.1) is 17.5 Å². The molecule has 0 saturated heterocycles. The Morgan fingerprint density at radius 3 is 2.56 bits per heavy atom. The lowest BCUT2D eigenvalue weighted by Gasteiger charge is -2.26. The van der Waals surface area contributed by atoms with Crippen molar-refractivity contribution in [3.63, 3.8) is 0 Å². The first-order valence-electron chi connectivity index (χ1n) is 8.12. The zero-order valence-corrected chi connectivity index (χ0v) is 14.6. The third-order valence-electron chi connectivity index (χ3n) is 4.50. The van der Waals surface area contributed by atoms with Crippen molar-refractivity contribution in [2.45, 2.75) is 13.0 Å². The molecule has 3 aromatic rings. The normalized spacial score (nSPS) is 13.6. The number of fused-ring (bicyclic) bond motifs is 1. The Kier molecular flexibility index (Phi) is 4.39. The third-order valence-corrected chi connectivity index (χ3v) is 4.75. The van der Waals surface area contributed by atoms with Gasteiger partial charge in [-0.05, 0) is 36.4 Å². The SMILES string of the molecule is O=C(c1ccc(F)c(F)c1F)N1CCc2noc(-c3ccc(Cl)cc3)c2C1. The van der Waals surface area contributed by atoms with Crippen LogP contribution in [-0.2, 0) is 13.0 Å². The molecule has 4 nitrogen and oxygen atoms in total. The van der Waals surface area contributed by atoms with E-state index in [1.165, 1.54) is 4.90 Å². The molecule has 4 rings (SSSR count). The van der Waals surface area contributed by atoms with Gasteiger partial charge in [0, 0.05) is 29.1 Å². The molecule has 0 unspecified atom stereocenters. The van der Waals surface area contributed by atoms with Gasteiger partial charge in [-0.25, -0.2) is 13.2 Å². The molecule has 0 saturated carbocycles. The standard InChI is InChI=1S/C19H12ClF3N2O2/c20-11-3-1-10(2-4-11)18-13-9-25(8-7-15(13)24-27-18)19(26)12-5-6-14(21)17(23)16(12)22/h1-6H,7-9H2. The second-order valence-electron chi connectivity index (χ2n) is 6.14. The molecule has 0 radical (unpaired) electrons. The molecule has 1 aromatic heterocycles. The molecule has 0 atom stereocenters. The highest BCUT2D eigenvalue weighted by Gasteiger charge is 2.30. The van der Waals surface area contributed by atoms with Crippen LogP contribution in [0.1, 0.15) is 21.6 Å². The monoisotopic (exact) mass is 392 g/mol. The number of carbonyl (C=O) groups excluding carboxylic acids is 1. The molecule has 0 bridgehead atoms. The van der Waals surface area contributed by atoms with Gasteiger partial charge in [-0.2, -0.15) is 0 Å². The van der Waals surface area contributed by atoms with Crippen LogP contribution in [0.5, 0.6) is 0 Å². The molecule has 0 fully saturated rings. The van der Waals surface area contributed by atoms with Gasteiger partial charge in [-0.15, -0.1) is 0 Å². The van der Waals surface area contributed by atoms with Crippen LogP contribution >= 0.6 is 11.6 Å². The molecule has 0 aliphatic carbocycles. The van der Waals surface area contributed by atoms with Crippen LogP contribution in [0.2, 0.25) is 5.02 Å². The zero-order valence-electron chi connectivity index (χ0n) is 13.8. The van der Waals surface area contributed by atoms with Gasteiger partial charge < -0.3 is 9.42 Å². The summed E-state index contributed by atoms with van der Waals surface area (Å²) in [6.07, 6.45) is 0.406. The van der Waals surface area contributed by atoms with Gasteiger partial charge in [0.25, 0.3) is 5.91 Å². The summed E-state index contributed by atoms with van der Waals surface area (Å²) in [5.41, 5.74) is 1.62. The van der Waals surface area contributed by atoms with Crippen LogP contribution in [-0.4, -0.2) is 22.5 Å². The van der Waals surface area contributed by atoms with E-state index in [0.717, 1.165) is 17.7 Å². The summed E-state index contributed by atoms with van der Waals surface area (Å²) in [5.74, 6) is -4.72. The van der Waals surface area contributed by atoms with Gasteiger partial charge in [0.1, 0.15) is 0 Å². The fourth-order valence-corrected chi connectivity index (χ4v) is 3.20. The van der Waals surface area contributed by atoms with Gasteiger partial charge >= 0.3 is 0 Å². The van der Waals surface area contributed by atoms with Crippen molar-refractivity contribution in [3.8, 4) is 11.3 Å². The Morgan fingerprint density at radius 1 is 1.07 bits per heavy atom. The average Bonchev–Trinajstić information content (AvgIpc) is 3.09. The van der Waals surface area contributed by atoms with E-state index in [2.05, 4.69) is 5.16 Å². The molecule has 0 spiro atoms. The lowest BCUT2D eigenvalue weighted by atomic mass is 10.0. The summed E-state index contributed by atoms with van der Waals surface area (Å²) in [7, 11) is 0. The minimum atomic E-state index is -1.66. The number of halogens is 4. The first-order chi connectivity index (χ1) is 13.0. The predicted octanol–water partition coefficient (Wildman–Crippen LogP) is 4.61. The maximum absolute atomic E-state index is 14.0. The summed E-state index contributed by atoms with van der Waals surface area (Å²) >= 11 is 5.90. The first-order valence-corrected chi connectivity index (χ1v) is 8.49. The maximum atomic E-state index is 14.0. The largest absolute Gasteiger partial charge is 0.356 e. The van der Waals surface area contributed by atoms with Crippen molar-refractivity contribution in [2.75, 3.05) is 6.54 Å². The highest BCUT2D eigenvalue weighted by atomic mass is 35.5. The minimum absolute atomic E-state index is 0.119. The van der Waals surface area contributed by atoms with E-state index < -0.39 is 28.9 Å². The van der Waals surface area contributed by atoms with E-state index in [-0.39, 0.29) is 13.1 Å². The number of aromatic nitrogens is 1. The van der Waals surface area contributed by atoms with Crippen LogP contribution in [0.15, 0.2) is 40.9 Å². The van der Waals surface area contributed by atoms with Gasteiger partial charge in [-0.3, -0.25) is 4.79 Å². The molecule has 0 N–H and O–H groups in total. The van der Waals surface area contributed by atoms with E-state index in [4.69, 9.17) is 16.1 Å². The van der Waals surface area contributed by atoms with Crippen molar-refractivity contribution in [1.82, 2.24) is 10.1 Å². The Balaban J connectivity index is 1.65. The van der Waals surface area contributed by atoms with E-state index in [1.807, 2.05) is 0 Å². The van der Waals surface area contributed by atoms with Gasteiger partial charge in [0.15, 0.2) is 23.2 Å². The lowest BCUT2D eigenvalue weighted by molar-refractivity contribution is 0.0728. The lowest BCUT2D eigenvalue weighted by Crippen LogP contribution is -2.36. The first kappa shape index (κ1) is 17.6. The summed E-state index contributed by atoms with van der Waals surface area (Å²) in [4.78, 5) is 14.0. The van der Waals surface area contributed by atoms with Gasteiger partial charge in [0.2, 0.25) is 0 Å². The molecular weight excluding hydrogens is 381 g/mol. The van der Waals surface area contributed by atoms with Crippen LogP contribution < -0.4 is 0 Å². The number of benzene rings is 2. The summed E-state index contributed by atoms with van der Waals surface area (Å²) in [5, 5.41) is 4.60. The summed E-state index contributed by atoms with van der Waals surface area (Å²) in [6, 6.07) is 8.61. The second kappa shape index (κ2) is 6.74. The highest BCUT2D eigenvalue weighted by molar-refractivity contribution is 6.30. The third kappa shape index (κ3) is 3.08.